The third-order valence-corrected chi connectivity index (χ3v) is 6.31. The number of nitrogens with one attached hydrogen (secondary N) is 1. The number of carbonyl (C=O) groups excluding carboxylic acids is 1. The summed E-state index contributed by atoms with van der Waals surface area (Å²) in [5, 5.41) is 0. The van der Waals surface area contributed by atoms with E-state index < -0.39 is 21.4 Å². The van der Waals surface area contributed by atoms with Crippen molar-refractivity contribution in [1.82, 2.24) is 9.47 Å². The molecule has 1 amide bonds. The van der Waals surface area contributed by atoms with Crippen molar-refractivity contribution < 1.29 is 22.7 Å². The summed E-state index contributed by atoms with van der Waals surface area (Å²) in [5.41, 5.74) is 0.000604. The maximum atomic E-state index is 12.7. The first-order valence-corrected chi connectivity index (χ1v) is 10.7. The van der Waals surface area contributed by atoms with Crippen molar-refractivity contribution in [3.8, 4) is 0 Å². The third kappa shape index (κ3) is 4.33. The number of piperidine rings is 1. The number of hydrogen-bond donors (Lipinski definition) is 1. The molecule has 1 N–H and O–H groups in total. The standard InChI is InChI=1S/C17H25N3O6S/c1-3-27(23,24)18-14-5-4-13(2)20(16(14)22)12-15(21)19-8-6-17(7-9-19)25-10-11-26-17/h4-5,18H,3,6-12H2,1-2H3. The predicted octanol–water partition coefficient (Wildman–Crippen LogP) is 0.284. The van der Waals surface area contributed by atoms with Crippen LogP contribution in [0.3, 0.4) is 0 Å². The average Bonchev–Trinajstić information content (AvgIpc) is 3.09. The van der Waals surface area contributed by atoms with E-state index in [1.54, 1.807) is 17.9 Å². The zero-order valence-electron chi connectivity index (χ0n) is 15.6. The summed E-state index contributed by atoms with van der Waals surface area (Å²) in [6, 6.07) is 3.04. The van der Waals surface area contributed by atoms with Crippen LogP contribution in [-0.2, 0) is 30.8 Å². The molecule has 3 rings (SSSR count). The van der Waals surface area contributed by atoms with E-state index in [1.807, 2.05) is 0 Å². The molecule has 1 aromatic rings. The van der Waals surface area contributed by atoms with Crippen LogP contribution < -0.4 is 10.3 Å². The molecule has 0 radical (unpaired) electrons. The molecule has 1 aromatic heterocycles. The Bertz CT molecular complexity index is 863. The summed E-state index contributed by atoms with van der Waals surface area (Å²) in [5.74, 6) is -0.899. The number of amides is 1. The molecular weight excluding hydrogens is 374 g/mol. The van der Waals surface area contributed by atoms with Crippen molar-refractivity contribution in [3.63, 3.8) is 0 Å². The van der Waals surface area contributed by atoms with Gasteiger partial charge in [-0.25, -0.2) is 8.42 Å². The van der Waals surface area contributed by atoms with Gasteiger partial charge in [-0.05, 0) is 26.0 Å². The van der Waals surface area contributed by atoms with E-state index in [4.69, 9.17) is 9.47 Å². The molecule has 0 aromatic carbocycles. The first-order chi connectivity index (χ1) is 12.8. The molecule has 0 saturated carbocycles. The second-order valence-electron chi connectivity index (χ2n) is 6.77. The monoisotopic (exact) mass is 399 g/mol. The van der Waals surface area contributed by atoms with Gasteiger partial charge in [0.05, 0.1) is 19.0 Å². The lowest BCUT2D eigenvalue weighted by Gasteiger charge is -2.37. The van der Waals surface area contributed by atoms with E-state index in [1.165, 1.54) is 17.6 Å². The maximum Gasteiger partial charge on any atom is 0.275 e. The molecular formula is C17H25N3O6S. The van der Waals surface area contributed by atoms with Gasteiger partial charge in [-0.3, -0.25) is 14.3 Å². The van der Waals surface area contributed by atoms with Gasteiger partial charge in [-0.1, -0.05) is 0 Å². The number of nitrogens with zero attached hydrogens (tertiary/aromatic N) is 2. The summed E-state index contributed by atoms with van der Waals surface area (Å²) >= 11 is 0. The number of aryl methyl sites for hydroxylation is 1. The van der Waals surface area contributed by atoms with Crippen LogP contribution in [0.4, 0.5) is 5.69 Å². The number of aromatic nitrogens is 1. The van der Waals surface area contributed by atoms with Gasteiger partial charge in [-0.2, -0.15) is 0 Å². The van der Waals surface area contributed by atoms with Gasteiger partial charge < -0.3 is 18.9 Å². The molecule has 10 heteroatoms. The molecule has 0 atom stereocenters. The third-order valence-electron chi connectivity index (χ3n) is 5.02. The number of ether oxygens (including phenoxy) is 2. The highest BCUT2D eigenvalue weighted by molar-refractivity contribution is 7.92. The Labute approximate surface area is 158 Å². The minimum Gasteiger partial charge on any atom is -0.347 e. The van der Waals surface area contributed by atoms with Gasteiger partial charge in [0.2, 0.25) is 15.9 Å². The van der Waals surface area contributed by atoms with Crippen LogP contribution in [0.5, 0.6) is 0 Å². The Balaban J connectivity index is 1.71. The number of likely N-dealkylation sites (tertiary alicyclic amines) is 1. The zero-order valence-corrected chi connectivity index (χ0v) is 16.4. The summed E-state index contributed by atoms with van der Waals surface area (Å²) in [4.78, 5) is 27.0. The Morgan fingerprint density at radius 3 is 2.44 bits per heavy atom. The largest absolute Gasteiger partial charge is 0.347 e. The molecule has 2 fully saturated rings. The maximum absolute atomic E-state index is 12.7. The number of hydrogen-bond acceptors (Lipinski definition) is 6. The number of anilines is 1. The van der Waals surface area contributed by atoms with Crippen LogP contribution in [0.2, 0.25) is 0 Å². The minimum absolute atomic E-state index is 0.0550. The van der Waals surface area contributed by atoms with Crippen LogP contribution in [-0.4, -0.2) is 61.6 Å². The van der Waals surface area contributed by atoms with Gasteiger partial charge >= 0.3 is 0 Å². The Morgan fingerprint density at radius 2 is 1.85 bits per heavy atom. The van der Waals surface area contributed by atoms with Crippen LogP contribution in [0, 0.1) is 6.92 Å². The first-order valence-electron chi connectivity index (χ1n) is 9.02. The first kappa shape index (κ1) is 19.8. The highest BCUT2D eigenvalue weighted by atomic mass is 32.2. The number of sulfonamides is 1. The van der Waals surface area contributed by atoms with Crippen LogP contribution >= 0.6 is 0 Å². The second kappa shape index (κ2) is 7.61. The molecule has 2 aliphatic rings. The van der Waals surface area contributed by atoms with Crippen molar-refractivity contribution in [1.29, 1.82) is 0 Å². The quantitative estimate of drug-likeness (QED) is 0.762. The van der Waals surface area contributed by atoms with Crippen LogP contribution in [0.1, 0.15) is 25.5 Å². The molecule has 0 aliphatic carbocycles. The Morgan fingerprint density at radius 1 is 1.22 bits per heavy atom. The zero-order chi connectivity index (χ0) is 19.7. The molecule has 0 bridgehead atoms. The van der Waals surface area contributed by atoms with Crippen molar-refractivity contribution in [2.24, 2.45) is 0 Å². The van der Waals surface area contributed by atoms with E-state index in [-0.39, 0.29) is 23.9 Å². The van der Waals surface area contributed by atoms with Crippen LogP contribution in [0.15, 0.2) is 16.9 Å². The fourth-order valence-corrected chi connectivity index (χ4v) is 3.94. The van der Waals surface area contributed by atoms with Crippen molar-refractivity contribution in [2.75, 3.05) is 36.8 Å². The van der Waals surface area contributed by atoms with Gasteiger partial charge in [0.1, 0.15) is 12.2 Å². The lowest BCUT2D eigenvalue weighted by molar-refractivity contribution is -0.187. The molecule has 27 heavy (non-hydrogen) atoms. The molecule has 9 nitrogen and oxygen atoms in total. The van der Waals surface area contributed by atoms with E-state index in [9.17, 15) is 18.0 Å². The Kier molecular flexibility index (Phi) is 5.59. The summed E-state index contributed by atoms with van der Waals surface area (Å²) in [6.07, 6.45) is 1.20. The van der Waals surface area contributed by atoms with Crippen molar-refractivity contribution in [3.05, 3.63) is 28.2 Å². The normalized spacial score (nSPS) is 19.4. The van der Waals surface area contributed by atoms with Crippen molar-refractivity contribution >= 4 is 21.6 Å². The smallest absolute Gasteiger partial charge is 0.275 e. The summed E-state index contributed by atoms with van der Waals surface area (Å²) in [7, 11) is -3.57. The lowest BCUT2D eigenvalue weighted by Crippen LogP contribution is -2.48. The molecule has 2 aliphatic heterocycles. The second-order valence-corrected chi connectivity index (χ2v) is 8.78. The van der Waals surface area contributed by atoms with Crippen molar-refractivity contribution in [2.45, 2.75) is 39.0 Å². The number of rotatable bonds is 5. The summed E-state index contributed by atoms with van der Waals surface area (Å²) < 4.78 is 38.4. The highest BCUT2D eigenvalue weighted by Gasteiger charge is 2.40. The number of pyridine rings is 1. The molecule has 150 valence electrons. The van der Waals surface area contributed by atoms with E-state index in [2.05, 4.69) is 4.72 Å². The fourth-order valence-electron chi connectivity index (χ4n) is 3.30. The van der Waals surface area contributed by atoms with Gasteiger partial charge in [0, 0.05) is 31.6 Å². The molecule has 3 heterocycles. The van der Waals surface area contributed by atoms with E-state index >= 15 is 0 Å². The van der Waals surface area contributed by atoms with Crippen LogP contribution in [0.25, 0.3) is 0 Å². The fraction of sp³-hybridized carbons (Fsp3) is 0.647. The van der Waals surface area contributed by atoms with Gasteiger partial charge in [0.25, 0.3) is 5.56 Å². The molecule has 1 spiro atoms. The van der Waals surface area contributed by atoms with Gasteiger partial charge in [0.15, 0.2) is 5.79 Å². The lowest BCUT2D eigenvalue weighted by atomic mass is 10.0. The highest BCUT2D eigenvalue weighted by Crippen LogP contribution is 2.31. The SMILES string of the molecule is CCS(=O)(=O)Nc1ccc(C)n(CC(=O)N2CCC3(CC2)OCCO3)c1=O. The summed E-state index contributed by atoms with van der Waals surface area (Å²) in [6.45, 7) is 5.19. The minimum atomic E-state index is -3.57. The van der Waals surface area contributed by atoms with E-state index in [0.717, 1.165) is 0 Å². The topological polar surface area (TPSA) is 107 Å². The predicted molar refractivity (Wildman–Crippen MR) is 99.0 cm³/mol. The van der Waals surface area contributed by atoms with E-state index in [0.29, 0.717) is 44.8 Å². The molecule has 0 unspecified atom stereocenters. The number of carbonyl (C=O) groups is 1. The average molecular weight is 399 g/mol. The van der Waals surface area contributed by atoms with Gasteiger partial charge in [-0.15, -0.1) is 0 Å². The molecule has 2 saturated heterocycles. The Hall–Kier alpha value is -1.91.